The van der Waals surface area contributed by atoms with Crippen LogP contribution in [0.2, 0.25) is 0 Å². The highest BCUT2D eigenvalue weighted by molar-refractivity contribution is 9.10. The molecule has 2 heterocycles. The van der Waals surface area contributed by atoms with E-state index in [4.69, 9.17) is 19.6 Å². The molecule has 2 aliphatic rings. The van der Waals surface area contributed by atoms with Crippen molar-refractivity contribution in [3.05, 3.63) is 99.5 Å². The Kier molecular flexibility index (Phi) is 6.62. The summed E-state index contributed by atoms with van der Waals surface area (Å²) in [6, 6.07) is 23.6. The minimum Gasteiger partial charge on any atom is -0.494 e. The number of carbonyl (C=O) groups excluding carboxylic acids is 1. The van der Waals surface area contributed by atoms with Crippen molar-refractivity contribution in [1.29, 1.82) is 0 Å². The summed E-state index contributed by atoms with van der Waals surface area (Å²) in [6.45, 7) is 1.06. The van der Waals surface area contributed by atoms with Crippen LogP contribution in [-0.4, -0.2) is 47.6 Å². The van der Waals surface area contributed by atoms with Crippen LogP contribution in [0.25, 0.3) is 0 Å². The van der Waals surface area contributed by atoms with Gasteiger partial charge in [-0.3, -0.25) is 4.79 Å². The molecular weight excluding hydrogens is 508 g/mol. The van der Waals surface area contributed by atoms with Crippen molar-refractivity contribution in [1.82, 2.24) is 4.90 Å². The highest BCUT2D eigenvalue weighted by atomic mass is 79.9. The Bertz CT molecular complexity index is 1240. The molecule has 0 saturated heterocycles. The number of aliphatic hydroxyl groups excluding tert-OH is 1. The first-order valence-electron chi connectivity index (χ1n) is 11.7. The van der Waals surface area contributed by atoms with Crippen molar-refractivity contribution in [2.24, 2.45) is 4.99 Å². The van der Waals surface area contributed by atoms with Gasteiger partial charge in [0, 0.05) is 48.6 Å². The molecule has 0 spiro atoms. The molecule has 5 rings (SSSR count). The number of ether oxygens (including phenoxy) is 2. The van der Waals surface area contributed by atoms with Crippen molar-refractivity contribution in [2.75, 3.05) is 20.3 Å². The zero-order valence-corrected chi connectivity index (χ0v) is 21.1. The molecule has 2 aliphatic heterocycles. The quantitative estimate of drug-likeness (QED) is 0.446. The van der Waals surface area contributed by atoms with E-state index in [0.29, 0.717) is 37.6 Å². The minimum absolute atomic E-state index is 0.0550. The standard InChI is InChI=1S/C28H27BrN2O4/c1-31-18-21-5-2-3-6-24(21)25-28(27(31)33,17-19-7-11-22(29)12-8-19)30-26(35-25)20-9-13-23(14-10-20)34-16-4-15-32/h2-3,5-14,25,32H,4,15-18H2,1H3/t25-,28-/m1/s1. The topological polar surface area (TPSA) is 71.4 Å². The molecule has 0 fully saturated rings. The summed E-state index contributed by atoms with van der Waals surface area (Å²) in [5.74, 6) is 1.11. The number of carbonyl (C=O) groups is 1. The fourth-order valence-electron chi connectivity index (χ4n) is 4.75. The van der Waals surface area contributed by atoms with Crippen LogP contribution in [-0.2, 0) is 22.5 Å². The van der Waals surface area contributed by atoms with Crippen molar-refractivity contribution >= 4 is 27.7 Å². The van der Waals surface area contributed by atoms with E-state index in [1.54, 1.807) is 4.90 Å². The number of aliphatic imine (C=N–C) groups is 1. The summed E-state index contributed by atoms with van der Waals surface area (Å²) in [5, 5.41) is 8.96. The smallest absolute Gasteiger partial charge is 0.255 e. The molecule has 3 aromatic rings. The number of halogens is 1. The molecule has 0 saturated carbocycles. The summed E-state index contributed by atoms with van der Waals surface area (Å²) in [6.07, 6.45) is 0.469. The third kappa shape index (κ3) is 4.58. The highest BCUT2D eigenvalue weighted by Crippen LogP contribution is 2.46. The summed E-state index contributed by atoms with van der Waals surface area (Å²) < 4.78 is 13.2. The fourth-order valence-corrected chi connectivity index (χ4v) is 5.01. The van der Waals surface area contributed by atoms with Crippen molar-refractivity contribution < 1.29 is 19.4 Å². The van der Waals surface area contributed by atoms with Crippen LogP contribution in [0.4, 0.5) is 0 Å². The number of benzene rings is 3. The number of amides is 1. The van der Waals surface area contributed by atoms with Crippen LogP contribution in [0.1, 0.15) is 34.8 Å². The van der Waals surface area contributed by atoms with Crippen LogP contribution in [0.5, 0.6) is 5.75 Å². The molecule has 0 bridgehead atoms. The number of likely N-dealkylation sites (N-methyl/N-ethyl adjacent to an activating group) is 1. The zero-order valence-electron chi connectivity index (χ0n) is 19.5. The number of hydrogen-bond donors (Lipinski definition) is 1. The van der Waals surface area contributed by atoms with Gasteiger partial charge in [0.2, 0.25) is 5.90 Å². The molecule has 0 unspecified atom stereocenters. The summed E-state index contributed by atoms with van der Waals surface area (Å²) in [5.41, 5.74) is 2.75. The Labute approximate surface area is 213 Å². The lowest BCUT2D eigenvalue weighted by Gasteiger charge is -2.31. The summed E-state index contributed by atoms with van der Waals surface area (Å²) >= 11 is 3.50. The second-order valence-electron chi connectivity index (χ2n) is 8.95. The number of nitrogens with zero attached hydrogens (tertiary/aromatic N) is 2. The Hall–Kier alpha value is -3.16. The maximum atomic E-state index is 14.0. The first kappa shape index (κ1) is 23.6. The molecule has 0 aromatic heterocycles. The Morgan fingerprint density at radius 1 is 1.11 bits per heavy atom. The van der Waals surface area contributed by atoms with Gasteiger partial charge >= 0.3 is 0 Å². The lowest BCUT2D eigenvalue weighted by Crippen LogP contribution is -2.48. The zero-order chi connectivity index (χ0) is 24.4. The normalized spacial score (nSPS) is 21.0. The van der Waals surface area contributed by atoms with Gasteiger partial charge in [-0.25, -0.2) is 4.99 Å². The molecule has 3 aromatic carbocycles. The molecule has 35 heavy (non-hydrogen) atoms. The third-order valence-electron chi connectivity index (χ3n) is 6.49. The van der Waals surface area contributed by atoms with Gasteiger partial charge in [0.1, 0.15) is 5.75 Å². The molecule has 0 aliphatic carbocycles. The maximum absolute atomic E-state index is 14.0. The van der Waals surface area contributed by atoms with Gasteiger partial charge in [0.05, 0.1) is 6.61 Å². The van der Waals surface area contributed by atoms with Gasteiger partial charge < -0.3 is 19.5 Å². The van der Waals surface area contributed by atoms with Crippen molar-refractivity contribution in [3.8, 4) is 5.75 Å². The number of aliphatic hydroxyl groups is 1. The van der Waals surface area contributed by atoms with Gasteiger partial charge in [-0.05, 0) is 47.5 Å². The van der Waals surface area contributed by atoms with E-state index in [-0.39, 0.29) is 12.5 Å². The molecule has 6 nitrogen and oxygen atoms in total. The molecular formula is C28H27BrN2O4. The molecule has 2 atom stereocenters. The second kappa shape index (κ2) is 9.84. The SMILES string of the molecule is CN1Cc2ccccc2[C@H]2OC(c3ccc(OCCCO)cc3)=N[C@@]2(Cc2ccc(Br)cc2)C1=O. The van der Waals surface area contributed by atoms with E-state index in [9.17, 15) is 4.79 Å². The Balaban J connectivity index is 1.56. The largest absolute Gasteiger partial charge is 0.494 e. The van der Waals surface area contributed by atoms with Gasteiger partial charge in [0.25, 0.3) is 5.91 Å². The number of fused-ring (bicyclic) bond motifs is 3. The van der Waals surface area contributed by atoms with Gasteiger partial charge in [-0.2, -0.15) is 0 Å². The third-order valence-corrected chi connectivity index (χ3v) is 7.01. The lowest BCUT2D eigenvalue weighted by atomic mass is 9.82. The molecule has 1 N–H and O–H groups in total. The summed E-state index contributed by atoms with van der Waals surface area (Å²) in [7, 11) is 1.83. The van der Waals surface area contributed by atoms with E-state index in [1.807, 2.05) is 73.8 Å². The van der Waals surface area contributed by atoms with E-state index < -0.39 is 11.6 Å². The molecule has 7 heteroatoms. The van der Waals surface area contributed by atoms with Crippen LogP contribution >= 0.6 is 15.9 Å². The van der Waals surface area contributed by atoms with Crippen LogP contribution in [0.15, 0.2) is 82.3 Å². The van der Waals surface area contributed by atoms with Crippen LogP contribution < -0.4 is 4.74 Å². The molecule has 180 valence electrons. The first-order valence-corrected chi connectivity index (χ1v) is 12.5. The molecule has 0 radical (unpaired) electrons. The minimum atomic E-state index is -1.11. The highest BCUT2D eigenvalue weighted by Gasteiger charge is 2.56. The Morgan fingerprint density at radius 3 is 2.60 bits per heavy atom. The second-order valence-corrected chi connectivity index (χ2v) is 9.87. The average molecular weight is 535 g/mol. The van der Waals surface area contributed by atoms with Gasteiger partial charge in [0.15, 0.2) is 11.6 Å². The van der Waals surface area contributed by atoms with Crippen molar-refractivity contribution in [3.63, 3.8) is 0 Å². The average Bonchev–Trinajstić information content (AvgIpc) is 3.22. The fraction of sp³-hybridized carbons (Fsp3) is 0.286. The van der Waals surface area contributed by atoms with E-state index in [0.717, 1.165) is 26.7 Å². The Morgan fingerprint density at radius 2 is 1.86 bits per heavy atom. The lowest BCUT2D eigenvalue weighted by molar-refractivity contribution is -0.138. The summed E-state index contributed by atoms with van der Waals surface area (Å²) in [4.78, 5) is 20.8. The van der Waals surface area contributed by atoms with E-state index in [2.05, 4.69) is 22.0 Å². The van der Waals surface area contributed by atoms with Crippen LogP contribution in [0.3, 0.4) is 0 Å². The predicted octanol–water partition coefficient (Wildman–Crippen LogP) is 4.68. The van der Waals surface area contributed by atoms with Crippen LogP contribution in [0, 0.1) is 0 Å². The molecule has 1 amide bonds. The predicted molar refractivity (Wildman–Crippen MR) is 137 cm³/mol. The number of rotatable bonds is 7. The van der Waals surface area contributed by atoms with E-state index >= 15 is 0 Å². The first-order chi connectivity index (χ1) is 17.0. The monoisotopic (exact) mass is 534 g/mol. The van der Waals surface area contributed by atoms with Crippen molar-refractivity contribution in [2.45, 2.75) is 31.0 Å². The number of hydrogen-bond acceptors (Lipinski definition) is 5. The van der Waals surface area contributed by atoms with E-state index in [1.165, 1.54) is 0 Å². The van der Waals surface area contributed by atoms with Gasteiger partial charge in [-0.1, -0.05) is 52.3 Å². The maximum Gasteiger partial charge on any atom is 0.255 e. The van der Waals surface area contributed by atoms with Gasteiger partial charge in [-0.15, -0.1) is 0 Å².